The van der Waals surface area contributed by atoms with Gasteiger partial charge in [0.2, 0.25) is 5.69 Å². The van der Waals surface area contributed by atoms with Crippen LogP contribution in [0.5, 0.6) is 0 Å². The third-order valence-corrected chi connectivity index (χ3v) is 1.69. The first-order valence-electron chi connectivity index (χ1n) is 3.88. The van der Waals surface area contributed by atoms with E-state index in [-0.39, 0.29) is 0 Å². The summed E-state index contributed by atoms with van der Waals surface area (Å²) in [5, 5.41) is 0. The smallest absolute Gasteiger partial charge is 0.197 e. The van der Waals surface area contributed by atoms with Crippen LogP contribution in [-0.2, 0) is 0 Å². The van der Waals surface area contributed by atoms with Crippen molar-refractivity contribution in [1.29, 1.82) is 0 Å². The highest BCUT2D eigenvalue weighted by Gasteiger charge is 2.08. The first-order chi connectivity index (χ1) is 5.25. The fraction of sp³-hybridized carbons (Fsp3) is 0.300. The molecule has 0 bridgehead atoms. The van der Waals surface area contributed by atoms with Gasteiger partial charge >= 0.3 is 0 Å². The van der Waals surface area contributed by atoms with Gasteiger partial charge in [0, 0.05) is 18.2 Å². The van der Waals surface area contributed by atoms with Crippen LogP contribution in [0.3, 0.4) is 0 Å². The highest BCUT2D eigenvalue weighted by atomic mass is 15.0. The minimum atomic E-state index is 0.504. The van der Waals surface area contributed by atoms with Gasteiger partial charge in [-0.2, -0.15) is 4.57 Å². The summed E-state index contributed by atoms with van der Waals surface area (Å²) in [6.07, 6.45) is 3.95. The van der Waals surface area contributed by atoms with Gasteiger partial charge in [-0.05, 0) is 19.9 Å². The fourth-order valence-electron chi connectivity index (χ4n) is 1.11. The molecule has 0 unspecified atom stereocenters. The molecule has 1 nitrogen and oxygen atoms in total. The van der Waals surface area contributed by atoms with Crippen LogP contribution in [0.4, 0.5) is 0 Å². The number of nitrogens with zero attached hydrogens (tertiary/aromatic N) is 1. The van der Waals surface area contributed by atoms with Crippen molar-refractivity contribution in [2.24, 2.45) is 0 Å². The number of rotatable bonds is 2. The summed E-state index contributed by atoms with van der Waals surface area (Å²) >= 11 is 0. The van der Waals surface area contributed by atoms with Crippen molar-refractivity contribution in [3.05, 3.63) is 36.7 Å². The van der Waals surface area contributed by atoms with Crippen molar-refractivity contribution in [3.8, 4) is 0 Å². The van der Waals surface area contributed by atoms with Gasteiger partial charge in [0.1, 0.15) is 0 Å². The van der Waals surface area contributed by atoms with Crippen molar-refractivity contribution in [2.75, 3.05) is 0 Å². The molecule has 0 amide bonds. The van der Waals surface area contributed by atoms with Crippen LogP contribution in [-0.4, -0.2) is 0 Å². The molecule has 0 aliphatic heterocycles. The van der Waals surface area contributed by atoms with Gasteiger partial charge < -0.3 is 0 Å². The predicted molar refractivity (Wildman–Crippen MR) is 47.1 cm³/mol. The minimum absolute atomic E-state index is 0.504. The van der Waals surface area contributed by atoms with E-state index in [1.807, 2.05) is 18.2 Å². The quantitative estimate of drug-likeness (QED) is 0.566. The Hall–Kier alpha value is -1.11. The topological polar surface area (TPSA) is 3.88 Å². The van der Waals surface area contributed by atoms with E-state index in [1.54, 1.807) is 0 Å². The monoisotopic (exact) mass is 148 g/mol. The van der Waals surface area contributed by atoms with Crippen LogP contribution in [0, 0.1) is 0 Å². The zero-order valence-electron chi connectivity index (χ0n) is 7.12. The average molecular weight is 148 g/mol. The standard InChI is InChI=1S/C10H14N/c1-4-10-7-5-6-8-11(10)9(2)3/h4-9H,1H2,2-3H3/q+1. The zero-order chi connectivity index (χ0) is 8.27. The van der Waals surface area contributed by atoms with E-state index in [1.165, 1.54) is 5.69 Å². The van der Waals surface area contributed by atoms with Gasteiger partial charge in [-0.25, -0.2) is 0 Å². The molecule has 11 heavy (non-hydrogen) atoms. The van der Waals surface area contributed by atoms with E-state index in [0.29, 0.717) is 6.04 Å². The van der Waals surface area contributed by atoms with Crippen molar-refractivity contribution in [2.45, 2.75) is 19.9 Å². The van der Waals surface area contributed by atoms with Gasteiger partial charge in [0.05, 0.1) is 0 Å². The lowest BCUT2D eigenvalue weighted by Crippen LogP contribution is -2.38. The van der Waals surface area contributed by atoms with Gasteiger partial charge in [0.15, 0.2) is 12.2 Å². The molecule has 58 valence electrons. The predicted octanol–water partition coefficient (Wildman–Crippen LogP) is 2.20. The van der Waals surface area contributed by atoms with Crippen molar-refractivity contribution in [1.82, 2.24) is 0 Å². The van der Waals surface area contributed by atoms with E-state index < -0.39 is 0 Å². The molecule has 1 rings (SSSR count). The van der Waals surface area contributed by atoms with E-state index >= 15 is 0 Å². The summed E-state index contributed by atoms with van der Waals surface area (Å²) in [7, 11) is 0. The molecule has 0 aliphatic carbocycles. The van der Waals surface area contributed by atoms with Gasteiger partial charge in [-0.3, -0.25) is 0 Å². The Morgan fingerprint density at radius 3 is 2.64 bits per heavy atom. The van der Waals surface area contributed by atoms with Crippen molar-refractivity contribution in [3.63, 3.8) is 0 Å². The maximum Gasteiger partial charge on any atom is 0.204 e. The lowest BCUT2D eigenvalue weighted by Gasteiger charge is -2.01. The van der Waals surface area contributed by atoms with Gasteiger partial charge in [0.25, 0.3) is 0 Å². The Balaban J connectivity index is 3.12. The van der Waals surface area contributed by atoms with E-state index in [4.69, 9.17) is 0 Å². The first kappa shape index (κ1) is 7.99. The molecule has 0 aromatic carbocycles. The lowest BCUT2D eigenvalue weighted by atomic mass is 10.3. The Kier molecular flexibility index (Phi) is 2.42. The summed E-state index contributed by atoms with van der Waals surface area (Å²) < 4.78 is 2.19. The Morgan fingerprint density at radius 1 is 1.45 bits per heavy atom. The van der Waals surface area contributed by atoms with Crippen LogP contribution in [0.15, 0.2) is 31.0 Å². The molecule has 1 heterocycles. The molecule has 1 aromatic rings. The molecule has 0 radical (unpaired) electrons. The average Bonchev–Trinajstić information content (AvgIpc) is 2.04. The molecule has 1 aromatic heterocycles. The summed E-state index contributed by atoms with van der Waals surface area (Å²) in [5.74, 6) is 0. The number of hydrogen-bond acceptors (Lipinski definition) is 0. The Bertz CT molecular complexity index is 251. The second-order valence-electron chi connectivity index (χ2n) is 2.83. The van der Waals surface area contributed by atoms with Gasteiger partial charge in [-0.1, -0.05) is 6.58 Å². The second-order valence-corrected chi connectivity index (χ2v) is 2.83. The third-order valence-electron chi connectivity index (χ3n) is 1.69. The van der Waals surface area contributed by atoms with E-state index in [9.17, 15) is 0 Å². The van der Waals surface area contributed by atoms with Crippen LogP contribution in [0.2, 0.25) is 0 Å². The molecule has 0 saturated heterocycles. The second kappa shape index (κ2) is 3.33. The summed E-state index contributed by atoms with van der Waals surface area (Å²) in [6.45, 7) is 8.07. The van der Waals surface area contributed by atoms with Gasteiger partial charge in [-0.15, -0.1) is 0 Å². The number of pyridine rings is 1. The fourth-order valence-corrected chi connectivity index (χ4v) is 1.11. The molecular formula is C10H14N+. The number of hydrogen-bond donors (Lipinski definition) is 0. The maximum atomic E-state index is 3.75. The van der Waals surface area contributed by atoms with Crippen molar-refractivity contribution >= 4 is 6.08 Å². The lowest BCUT2D eigenvalue weighted by molar-refractivity contribution is -0.717. The SMILES string of the molecule is C=Cc1cccc[n+]1C(C)C. The molecular weight excluding hydrogens is 134 g/mol. The Labute approximate surface area is 68.0 Å². The van der Waals surface area contributed by atoms with Crippen LogP contribution >= 0.6 is 0 Å². The van der Waals surface area contributed by atoms with E-state index in [2.05, 4.69) is 37.3 Å². The van der Waals surface area contributed by atoms with Crippen LogP contribution in [0.25, 0.3) is 6.08 Å². The molecule has 0 fully saturated rings. The largest absolute Gasteiger partial charge is 0.204 e. The molecule has 0 aliphatic rings. The normalized spacial score (nSPS) is 10.1. The van der Waals surface area contributed by atoms with E-state index in [0.717, 1.165) is 0 Å². The minimum Gasteiger partial charge on any atom is -0.197 e. The van der Waals surface area contributed by atoms with Crippen LogP contribution < -0.4 is 4.57 Å². The van der Waals surface area contributed by atoms with Crippen LogP contribution in [0.1, 0.15) is 25.6 Å². The molecule has 0 atom stereocenters. The summed E-state index contributed by atoms with van der Waals surface area (Å²) in [4.78, 5) is 0. The summed E-state index contributed by atoms with van der Waals surface area (Å²) in [5.41, 5.74) is 1.17. The highest BCUT2D eigenvalue weighted by molar-refractivity contribution is 5.36. The highest BCUT2D eigenvalue weighted by Crippen LogP contribution is 1.98. The zero-order valence-corrected chi connectivity index (χ0v) is 7.12. The maximum absolute atomic E-state index is 3.75. The van der Waals surface area contributed by atoms with Crippen molar-refractivity contribution < 1.29 is 4.57 Å². The third kappa shape index (κ3) is 1.67. The summed E-state index contributed by atoms with van der Waals surface area (Å²) in [6, 6.07) is 6.62. The molecule has 0 N–H and O–H groups in total. The first-order valence-corrected chi connectivity index (χ1v) is 3.88. The number of aromatic nitrogens is 1. The Morgan fingerprint density at radius 2 is 2.18 bits per heavy atom. The molecule has 0 spiro atoms. The molecule has 0 saturated carbocycles. The molecule has 1 heteroatoms.